The van der Waals surface area contributed by atoms with Gasteiger partial charge in [-0.3, -0.25) is 0 Å². The molecular formula is C27H28N6O5. The number of rotatable bonds is 3. The maximum Gasteiger partial charge on any atom is 0.167 e. The Kier molecular flexibility index (Phi) is 5.28. The van der Waals surface area contributed by atoms with Gasteiger partial charge in [-0.1, -0.05) is 0 Å². The van der Waals surface area contributed by atoms with E-state index in [1.165, 1.54) is 24.3 Å². The van der Waals surface area contributed by atoms with E-state index in [0.29, 0.717) is 41.2 Å². The first-order valence-electron chi connectivity index (χ1n) is 12.2. The Morgan fingerprint density at radius 3 is 1.87 bits per heavy atom. The Bertz CT molecular complexity index is 1710. The molecule has 0 spiro atoms. The molecule has 1 fully saturated rings. The van der Waals surface area contributed by atoms with Crippen molar-refractivity contribution in [1.82, 2.24) is 24.0 Å². The summed E-state index contributed by atoms with van der Waals surface area (Å²) in [5, 5.41) is 54.0. The van der Waals surface area contributed by atoms with E-state index >= 15 is 0 Å². The van der Waals surface area contributed by atoms with E-state index in [1.807, 2.05) is 11.9 Å². The average Bonchev–Trinajstić information content (AvgIpc) is 3.43. The Hall–Kier alpha value is -4.64. The number of phenols is 5. The van der Waals surface area contributed by atoms with Gasteiger partial charge in [-0.15, -0.1) is 0 Å². The van der Waals surface area contributed by atoms with Gasteiger partial charge in [0.15, 0.2) is 11.5 Å². The fourth-order valence-electron chi connectivity index (χ4n) is 5.27. The largest absolute Gasteiger partial charge is 0.508 e. The highest BCUT2D eigenvalue weighted by Crippen LogP contribution is 2.46. The normalized spacial score (nSPS) is 14.7. The van der Waals surface area contributed by atoms with Gasteiger partial charge < -0.3 is 44.5 Å². The second-order valence-electron chi connectivity index (χ2n) is 9.78. The van der Waals surface area contributed by atoms with Crippen LogP contribution in [-0.2, 0) is 14.1 Å². The van der Waals surface area contributed by atoms with Gasteiger partial charge in [-0.2, -0.15) is 0 Å². The second-order valence-corrected chi connectivity index (χ2v) is 9.78. The standard InChI is InChI=1S/C27H28N6O5/c1-30-8-10-33(11-9-30)17-13-19(36)23-21(25(17)38)29-27(32(23)3)16-12-18(35)22-20(24(16)37)28-26(31(22)2)14-4-6-15(34)7-5-14/h4-7,12-13,34-38H,8-11H2,1-3H3. The molecule has 1 aliphatic rings. The van der Waals surface area contributed by atoms with Crippen molar-refractivity contribution in [3.8, 4) is 51.5 Å². The molecule has 3 heterocycles. The highest BCUT2D eigenvalue weighted by Gasteiger charge is 2.27. The molecule has 0 atom stereocenters. The van der Waals surface area contributed by atoms with Crippen molar-refractivity contribution in [2.24, 2.45) is 14.1 Å². The number of fused-ring (bicyclic) bond motifs is 2. The number of aromatic nitrogens is 4. The summed E-state index contributed by atoms with van der Waals surface area (Å²) < 4.78 is 3.23. The summed E-state index contributed by atoms with van der Waals surface area (Å²) >= 11 is 0. The molecule has 38 heavy (non-hydrogen) atoms. The van der Waals surface area contributed by atoms with Crippen LogP contribution in [0.15, 0.2) is 36.4 Å². The van der Waals surface area contributed by atoms with Gasteiger partial charge in [-0.25, -0.2) is 9.97 Å². The highest BCUT2D eigenvalue weighted by molar-refractivity contribution is 5.99. The quantitative estimate of drug-likeness (QED) is 0.229. The molecule has 11 nitrogen and oxygen atoms in total. The summed E-state index contributed by atoms with van der Waals surface area (Å²) in [5.74, 6) is 0.422. The molecule has 3 aromatic carbocycles. The molecule has 1 aliphatic heterocycles. The van der Waals surface area contributed by atoms with Gasteiger partial charge in [0.05, 0.1) is 11.3 Å². The molecule has 0 amide bonds. The van der Waals surface area contributed by atoms with Crippen LogP contribution in [0.25, 0.3) is 44.8 Å². The van der Waals surface area contributed by atoms with Crippen molar-refractivity contribution in [2.75, 3.05) is 38.1 Å². The number of aromatic hydroxyl groups is 5. The average molecular weight is 517 g/mol. The Labute approximate surface area is 217 Å². The number of imidazole rings is 2. The minimum Gasteiger partial charge on any atom is -0.508 e. The molecule has 5 aromatic rings. The minimum atomic E-state index is -0.199. The Morgan fingerprint density at radius 2 is 1.21 bits per heavy atom. The molecule has 0 aliphatic carbocycles. The number of benzene rings is 3. The summed E-state index contributed by atoms with van der Waals surface area (Å²) in [6, 6.07) is 9.40. The lowest BCUT2D eigenvalue weighted by Gasteiger charge is -2.34. The molecule has 0 bridgehead atoms. The van der Waals surface area contributed by atoms with Crippen LogP contribution in [0.1, 0.15) is 0 Å². The number of hydrogen-bond acceptors (Lipinski definition) is 9. The van der Waals surface area contributed by atoms with Gasteiger partial charge in [0.25, 0.3) is 0 Å². The van der Waals surface area contributed by atoms with E-state index in [-0.39, 0.29) is 51.2 Å². The molecule has 0 radical (unpaired) electrons. The van der Waals surface area contributed by atoms with Gasteiger partial charge in [0.1, 0.15) is 51.0 Å². The Morgan fingerprint density at radius 1 is 0.658 bits per heavy atom. The number of phenolic OH excluding ortho intramolecular Hbond substituents is 5. The molecule has 11 heteroatoms. The predicted octanol–water partition coefficient (Wildman–Crippen LogP) is 3.07. The SMILES string of the molecule is CN1CCN(c2cc(O)c3c(nc(-c4cc(O)c5c(nc(-c6ccc(O)cc6)n5C)c4O)n3C)c2O)CC1. The lowest BCUT2D eigenvalue weighted by Crippen LogP contribution is -2.44. The van der Waals surface area contributed by atoms with Crippen LogP contribution in [-0.4, -0.2) is 82.8 Å². The van der Waals surface area contributed by atoms with Crippen molar-refractivity contribution in [1.29, 1.82) is 0 Å². The van der Waals surface area contributed by atoms with Crippen LogP contribution < -0.4 is 4.90 Å². The maximum atomic E-state index is 11.3. The van der Waals surface area contributed by atoms with Crippen molar-refractivity contribution in [2.45, 2.75) is 0 Å². The van der Waals surface area contributed by atoms with Gasteiger partial charge in [-0.05, 0) is 37.4 Å². The van der Waals surface area contributed by atoms with Crippen LogP contribution in [0.4, 0.5) is 5.69 Å². The number of likely N-dealkylation sites (N-methyl/N-ethyl adjacent to an activating group) is 1. The Balaban J connectivity index is 1.52. The highest BCUT2D eigenvalue weighted by atomic mass is 16.3. The third-order valence-electron chi connectivity index (χ3n) is 7.39. The zero-order valence-corrected chi connectivity index (χ0v) is 21.2. The van der Waals surface area contributed by atoms with Crippen LogP contribution >= 0.6 is 0 Å². The third kappa shape index (κ3) is 3.46. The third-order valence-corrected chi connectivity index (χ3v) is 7.39. The van der Waals surface area contributed by atoms with Crippen molar-refractivity contribution in [3.63, 3.8) is 0 Å². The zero-order chi connectivity index (χ0) is 26.9. The number of piperazine rings is 1. The molecule has 0 saturated carbocycles. The topological polar surface area (TPSA) is 143 Å². The van der Waals surface area contributed by atoms with Crippen molar-refractivity contribution in [3.05, 3.63) is 36.4 Å². The summed E-state index contributed by atoms with van der Waals surface area (Å²) in [7, 11) is 5.43. The van der Waals surface area contributed by atoms with E-state index < -0.39 is 0 Å². The van der Waals surface area contributed by atoms with E-state index in [4.69, 9.17) is 0 Å². The van der Waals surface area contributed by atoms with Gasteiger partial charge >= 0.3 is 0 Å². The summed E-state index contributed by atoms with van der Waals surface area (Å²) in [6.45, 7) is 3.05. The molecule has 5 N–H and O–H groups in total. The zero-order valence-electron chi connectivity index (χ0n) is 21.2. The number of aryl methyl sites for hydroxylation is 2. The fourth-order valence-corrected chi connectivity index (χ4v) is 5.27. The molecule has 1 saturated heterocycles. The monoisotopic (exact) mass is 516 g/mol. The van der Waals surface area contributed by atoms with E-state index in [0.717, 1.165) is 13.1 Å². The molecule has 196 valence electrons. The summed E-state index contributed by atoms with van der Waals surface area (Å²) in [5.41, 5.74) is 2.39. The fraction of sp³-hybridized carbons (Fsp3) is 0.259. The predicted molar refractivity (Wildman–Crippen MR) is 144 cm³/mol. The minimum absolute atomic E-state index is 0.0507. The van der Waals surface area contributed by atoms with Crippen LogP contribution in [0.3, 0.4) is 0 Å². The molecule has 0 unspecified atom stereocenters. The summed E-state index contributed by atoms with van der Waals surface area (Å²) in [4.78, 5) is 13.4. The molecule has 6 rings (SSSR count). The number of nitrogens with zero attached hydrogens (tertiary/aromatic N) is 6. The van der Waals surface area contributed by atoms with Gasteiger partial charge in [0.2, 0.25) is 0 Å². The van der Waals surface area contributed by atoms with E-state index in [2.05, 4.69) is 14.9 Å². The van der Waals surface area contributed by atoms with Crippen LogP contribution in [0, 0.1) is 0 Å². The lowest BCUT2D eigenvalue weighted by atomic mass is 10.1. The first kappa shape index (κ1) is 23.7. The molecule has 2 aromatic heterocycles. The second kappa shape index (κ2) is 8.45. The molecular weight excluding hydrogens is 488 g/mol. The number of hydrogen-bond donors (Lipinski definition) is 5. The first-order chi connectivity index (χ1) is 18.2. The van der Waals surface area contributed by atoms with E-state index in [1.54, 1.807) is 35.4 Å². The number of anilines is 1. The van der Waals surface area contributed by atoms with Crippen molar-refractivity contribution < 1.29 is 25.5 Å². The first-order valence-corrected chi connectivity index (χ1v) is 12.2. The maximum absolute atomic E-state index is 11.3. The van der Waals surface area contributed by atoms with Crippen LogP contribution in [0.5, 0.6) is 28.7 Å². The summed E-state index contributed by atoms with van der Waals surface area (Å²) in [6.07, 6.45) is 0. The van der Waals surface area contributed by atoms with Gasteiger partial charge in [0, 0.05) is 51.9 Å². The van der Waals surface area contributed by atoms with E-state index in [9.17, 15) is 25.5 Å². The lowest BCUT2D eigenvalue weighted by molar-refractivity contribution is 0.311. The van der Waals surface area contributed by atoms with Crippen molar-refractivity contribution >= 4 is 27.8 Å². The van der Waals surface area contributed by atoms with Crippen LogP contribution in [0.2, 0.25) is 0 Å². The smallest absolute Gasteiger partial charge is 0.167 e.